The Kier molecular flexibility index (Phi) is 4.42. The second kappa shape index (κ2) is 4.57. The summed E-state index contributed by atoms with van der Waals surface area (Å²) >= 11 is 0. The number of nitriles is 1. The second-order valence-electron chi connectivity index (χ2n) is 2.64. The van der Waals surface area contributed by atoms with Gasteiger partial charge in [0.05, 0.1) is 18.9 Å². The first-order valence-electron chi connectivity index (χ1n) is 3.55. The Morgan fingerprint density at radius 3 is 3.00 bits per heavy atom. The van der Waals surface area contributed by atoms with Crippen molar-refractivity contribution in [3.05, 3.63) is 11.8 Å². The molecule has 0 bridgehead atoms. The zero-order valence-electron chi connectivity index (χ0n) is 7.46. The van der Waals surface area contributed by atoms with Gasteiger partial charge in [0.25, 0.3) is 0 Å². The maximum absolute atomic E-state index is 11.6. The number of hydrogen-bond acceptors (Lipinski definition) is 3. The molecule has 0 aliphatic heterocycles. The van der Waals surface area contributed by atoms with Crippen molar-refractivity contribution in [3.63, 3.8) is 0 Å². The van der Waals surface area contributed by atoms with Crippen molar-refractivity contribution in [1.29, 1.82) is 5.26 Å². The average Bonchev–Trinajstić information content (AvgIpc) is 2.31. The molecule has 0 fully saturated rings. The van der Waals surface area contributed by atoms with Gasteiger partial charge in [-0.25, -0.2) is 0 Å². The molecule has 0 saturated carbocycles. The first-order chi connectivity index (χ1) is 5.23. The fourth-order valence-corrected chi connectivity index (χ4v) is 1.32. The third-order valence-corrected chi connectivity index (χ3v) is 1.91. The van der Waals surface area contributed by atoms with Gasteiger partial charge in [0.2, 0.25) is 0 Å². The quantitative estimate of drug-likeness (QED) is 0.413. The third-order valence-electron chi connectivity index (χ3n) is 1.91. The molecule has 1 unspecified atom stereocenters. The van der Waals surface area contributed by atoms with Crippen LogP contribution < -0.4 is 24.0 Å². The van der Waals surface area contributed by atoms with Crippen LogP contribution >= 0.6 is 0 Å². The predicted molar refractivity (Wildman–Crippen MR) is 37.3 cm³/mol. The molecular weight excluding hydrogens is 149 g/mol. The Labute approximate surface area is 84.2 Å². The van der Waals surface area contributed by atoms with E-state index < -0.39 is 5.60 Å². The zero-order chi connectivity index (χ0) is 8.32. The first kappa shape index (κ1) is 11.6. The van der Waals surface area contributed by atoms with Crippen LogP contribution in [0.5, 0.6) is 0 Å². The molecule has 60 valence electrons. The van der Waals surface area contributed by atoms with Gasteiger partial charge in [-0.1, -0.05) is 6.42 Å². The number of ether oxygens (including phenoxy) is 1. The van der Waals surface area contributed by atoms with E-state index in [1.165, 1.54) is 7.11 Å². The minimum atomic E-state index is -1.26. The molecule has 3 nitrogen and oxygen atoms in total. The maximum Gasteiger partial charge on any atom is 1.00 e. The fraction of sp³-hybridized carbons (Fsp3) is 0.625. The van der Waals surface area contributed by atoms with Crippen LogP contribution in [0, 0.1) is 11.3 Å². The second-order valence-corrected chi connectivity index (χ2v) is 2.64. The largest absolute Gasteiger partial charge is 1.00 e. The monoisotopic (exact) mass is 159 g/mol. The van der Waals surface area contributed by atoms with Crippen LogP contribution in [0.4, 0.5) is 0 Å². The van der Waals surface area contributed by atoms with Crippen LogP contribution in [0.25, 0.3) is 0 Å². The minimum absolute atomic E-state index is 0. The smallest absolute Gasteiger partial charge is 0.843 e. The standard InChI is InChI=1S/C8H10NO2.Li/c1-11-7-3-2-4-8(7,10)5-6-9;/h3H,2,4-5H2,1H3;/q-1;+1. The van der Waals surface area contributed by atoms with Crippen LogP contribution in [0.2, 0.25) is 0 Å². The van der Waals surface area contributed by atoms with Gasteiger partial charge in [0.15, 0.2) is 0 Å². The van der Waals surface area contributed by atoms with E-state index in [0.717, 1.165) is 6.42 Å². The summed E-state index contributed by atoms with van der Waals surface area (Å²) in [5.41, 5.74) is -1.26. The van der Waals surface area contributed by atoms with Crippen molar-refractivity contribution < 1.29 is 28.7 Å². The van der Waals surface area contributed by atoms with Crippen molar-refractivity contribution in [2.24, 2.45) is 0 Å². The van der Waals surface area contributed by atoms with Gasteiger partial charge >= 0.3 is 18.9 Å². The van der Waals surface area contributed by atoms with Crippen molar-refractivity contribution >= 4 is 0 Å². The van der Waals surface area contributed by atoms with E-state index in [9.17, 15) is 5.11 Å². The third kappa shape index (κ3) is 2.05. The van der Waals surface area contributed by atoms with E-state index in [4.69, 9.17) is 10.00 Å². The molecule has 4 heteroatoms. The summed E-state index contributed by atoms with van der Waals surface area (Å²) in [6.45, 7) is 0. The van der Waals surface area contributed by atoms with Gasteiger partial charge in [-0.2, -0.15) is 5.26 Å². The van der Waals surface area contributed by atoms with Crippen molar-refractivity contribution in [2.45, 2.75) is 24.9 Å². The number of hydrogen-bond donors (Lipinski definition) is 0. The maximum atomic E-state index is 11.6. The van der Waals surface area contributed by atoms with E-state index in [1.54, 1.807) is 6.08 Å². The molecule has 0 aromatic rings. The Hall–Kier alpha value is -0.413. The molecule has 0 heterocycles. The fourth-order valence-electron chi connectivity index (χ4n) is 1.32. The Morgan fingerprint density at radius 2 is 2.50 bits per heavy atom. The molecule has 0 radical (unpaired) electrons. The van der Waals surface area contributed by atoms with Gasteiger partial charge in [0.1, 0.15) is 0 Å². The van der Waals surface area contributed by atoms with Gasteiger partial charge in [0, 0.05) is 6.42 Å². The van der Waals surface area contributed by atoms with Crippen LogP contribution in [0.1, 0.15) is 19.3 Å². The number of nitrogens with zero attached hydrogens (tertiary/aromatic N) is 1. The zero-order valence-corrected chi connectivity index (χ0v) is 7.46. The summed E-state index contributed by atoms with van der Waals surface area (Å²) in [6, 6.07) is 1.88. The van der Waals surface area contributed by atoms with E-state index in [1.807, 2.05) is 6.07 Å². The molecule has 1 atom stereocenters. The van der Waals surface area contributed by atoms with Crippen molar-refractivity contribution in [2.75, 3.05) is 7.11 Å². The summed E-state index contributed by atoms with van der Waals surface area (Å²) in [4.78, 5) is 0. The summed E-state index contributed by atoms with van der Waals surface area (Å²) in [6.07, 6.45) is 3.00. The van der Waals surface area contributed by atoms with Crippen LogP contribution in [-0.4, -0.2) is 12.7 Å². The molecule has 0 aromatic heterocycles. The number of methoxy groups -OCH3 is 1. The van der Waals surface area contributed by atoms with Crippen LogP contribution in [0.3, 0.4) is 0 Å². The van der Waals surface area contributed by atoms with E-state index in [0.29, 0.717) is 12.2 Å². The van der Waals surface area contributed by atoms with E-state index >= 15 is 0 Å². The van der Waals surface area contributed by atoms with Crippen LogP contribution in [0.15, 0.2) is 11.8 Å². The summed E-state index contributed by atoms with van der Waals surface area (Å²) < 4.78 is 4.88. The first-order valence-corrected chi connectivity index (χ1v) is 3.55. The van der Waals surface area contributed by atoms with Crippen LogP contribution in [-0.2, 0) is 4.74 Å². The molecule has 12 heavy (non-hydrogen) atoms. The van der Waals surface area contributed by atoms with Gasteiger partial charge in [-0.05, 0) is 18.1 Å². The molecular formula is C8H10LiNO2. The van der Waals surface area contributed by atoms with E-state index in [-0.39, 0.29) is 25.3 Å². The minimum Gasteiger partial charge on any atom is -0.843 e. The van der Waals surface area contributed by atoms with Gasteiger partial charge in [-0.15, -0.1) is 0 Å². The van der Waals surface area contributed by atoms with Crippen molar-refractivity contribution in [1.82, 2.24) is 0 Å². The Morgan fingerprint density at radius 1 is 1.83 bits per heavy atom. The molecule has 1 aliphatic rings. The summed E-state index contributed by atoms with van der Waals surface area (Å²) in [5.74, 6) is 0.430. The molecule has 0 saturated heterocycles. The molecule has 0 spiro atoms. The predicted octanol–water partition coefficient (Wildman–Crippen LogP) is -2.67. The molecule has 0 aromatic carbocycles. The number of rotatable bonds is 2. The summed E-state index contributed by atoms with van der Waals surface area (Å²) in [7, 11) is 1.47. The van der Waals surface area contributed by atoms with Gasteiger partial charge in [-0.3, -0.25) is 0 Å². The van der Waals surface area contributed by atoms with E-state index in [2.05, 4.69) is 0 Å². The van der Waals surface area contributed by atoms with Gasteiger partial charge < -0.3 is 9.84 Å². The SMILES string of the molecule is COC1=CCCC1([O-])CC#N.[Li+]. The average molecular weight is 159 g/mol. The summed E-state index contributed by atoms with van der Waals surface area (Å²) in [5, 5.41) is 20.0. The Balaban J connectivity index is 0.00000121. The number of allylic oxidation sites excluding steroid dienone is 1. The molecule has 1 aliphatic carbocycles. The molecule has 0 N–H and O–H groups in total. The topological polar surface area (TPSA) is 56.1 Å². The molecule has 0 amide bonds. The molecule has 1 rings (SSSR count). The normalized spacial score (nSPS) is 26.9. The van der Waals surface area contributed by atoms with Crippen molar-refractivity contribution in [3.8, 4) is 6.07 Å². The Bertz CT molecular complexity index is 222.